The van der Waals surface area contributed by atoms with Crippen molar-refractivity contribution in [1.82, 2.24) is 34.9 Å². The van der Waals surface area contributed by atoms with Crippen molar-refractivity contribution in [1.29, 1.82) is 0 Å². The number of aryl methyl sites for hydroxylation is 1. The number of ether oxygens (including phenoxy) is 2. The number of hydrogen-bond acceptors (Lipinski definition) is 10. The van der Waals surface area contributed by atoms with Gasteiger partial charge >= 0.3 is 0 Å². The first kappa shape index (κ1) is 24.8. The number of nitrogens with one attached hydrogen (secondary N) is 2. The summed E-state index contributed by atoms with van der Waals surface area (Å²) in [5, 5.41) is 10.4. The van der Waals surface area contributed by atoms with E-state index in [1.54, 1.807) is 4.52 Å². The fourth-order valence-electron chi connectivity index (χ4n) is 5.00. The van der Waals surface area contributed by atoms with Gasteiger partial charge in [0.05, 0.1) is 5.52 Å². The lowest BCUT2D eigenvalue weighted by atomic mass is 10.2. The minimum atomic E-state index is -0.199. The van der Waals surface area contributed by atoms with Crippen LogP contribution in [0.4, 0.5) is 17.3 Å². The van der Waals surface area contributed by atoms with Crippen LogP contribution >= 0.6 is 0 Å². The number of carbonyl (C=O) groups is 1. The minimum absolute atomic E-state index is 0.183. The van der Waals surface area contributed by atoms with Crippen molar-refractivity contribution in [3.8, 4) is 17.2 Å². The molecule has 0 spiro atoms. The van der Waals surface area contributed by atoms with Crippen molar-refractivity contribution in [3.05, 3.63) is 73.5 Å². The first-order valence-corrected chi connectivity index (χ1v) is 13.4. The summed E-state index contributed by atoms with van der Waals surface area (Å²) in [5.41, 5.74) is 3.80. The third-order valence-corrected chi connectivity index (χ3v) is 7.23. The van der Waals surface area contributed by atoms with Crippen molar-refractivity contribution in [2.24, 2.45) is 5.92 Å². The van der Waals surface area contributed by atoms with Crippen LogP contribution in [0.3, 0.4) is 0 Å². The number of fused-ring (bicyclic) bond motifs is 4. The summed E-state index contributed by atoms with van der Waals surface area (Å²) in [6.45, 7) is 7.38. The van der Waals surface area contributed by atoms with Gasteiger partial charge in [0.15, 0.2) is 23.0 Å². The normalized spacial score (nSPS) is 17.2. The van der Waals surface area contributed by atoms with Gasteiger partial charge in [0.1, 0.15) is 35.8 Å². The Kier molecular flexibility index (Phi) is 6.07. The molecular weight excluding hydrogens is 522 g/mol. The van der Waals surface area contributed by atoms with E-state index >= 15 is 0 Å². The minimum Gasteiger partial charge on any atom is -0.486 e. The molecule has 1 aliphatic heterocycles. The predicted octanol–water partition coefficient (Wildman–Crippen LogP) is 3.80. The van der Waals surface area contributed by atoms with Crippen LogP contribution in [0.2, 0.25) is 0 Å². The van der Waals surface area contributed by atoms with Crippen LogP contribution < -0.4 is 25.0 Å². The Morgan fingerprint density at radius 3 is 3.00 bits per heavy atom. The van der Waals surface area contributed by atoms with Crippen LogP contribution in [0.25, 0.3) is 16.7 Å². The van der Waals surface area contributed by atoms with Gasteiger partial charge in [0.25, 0.3) is 0 Å². The van der Waals surface area contributed by atoms with Gasteiger partial charge in [-0.15, -0.1) is 0 Å². The van der Waals surface area contributed by atoms with E-state index in [9.17, 15) is 4.79 Å². The molecule has 206 valence electrons. The van der Waals surface area contributed by atoms with Crippen LogP contribution in [0.5, 0.6) is 17.2 Å². The summed E-state index contributed by atoms with van der Waals surface area (Å²) in [5.74, 6) is 3.64. The molecule has 5 heterocycles. The highest BCUT2D eigenvalue weighted by Crippen LogP contribution is 2.44. The van der Waals surface area contributed by atoms with E-state index in [0.717, 1.165) is 35.8 Å². The summed E-state index contributed by atoms with van der Waals surface area (Å²) < 4.78 is 14.1. The molecule has 2 aliphatic rings. The first-order chi connectivity index (χ1) is 20.0. The van der Waals surface area contributed by atoms with Crippen LogP contribution in [0, 0.1) is 12.8 Å². The SMILES string of the molecule is C=CC(=O)NCCN1CC2CC2Oc2cc3ncnc(Nc4ccc(Oc5ccn6ncnc6c5)c(C)c4)c3nc21. The molecule has 2 unspecified atom stereocenters. The van der Waals surface area contributed by atoms with Crippen molar-refractivity contribution in [2.75, 3.05) is 29.9 Å². The van der Waals surface area contributed by atoms with Crippen LogP contribution in [-0.4, -0.2) is 61.2 Å². The third kappa shape index (κ3) is 4.95. The molecule has 0 bridgehead atoms. The molecule has 7 rings (SSSR count). The van der Waals surface area contributed by atoms with Gasteiger partial charge in [0.2, 0.25) is 5.91 Å². The maximum absolute atomic E-state index is 11.7. The highest BCUT2D eigenvalue weighted by Gasteiger charge is 2.44. The number of pyridine rings is 2. The van der Waals surface area contributed by atoms with Crippen molar-refractivity contribution in [2.45, 2.75) is 19.4 Å². The summed E-state index contributed by atoms with van der Waals surface area (Å²) in [6, 6.07) is 11.4. The van der Waals surface area contributed by atoms with E-state index in [1.807, 2.05) is 49.5 Å². The largest absolute Gasteiger partial charge is 0.486 e. The number of anilines is 3. The van der Waals surface area contributed by atoms with E-state index in [1.165, 1.54) is 18.7 Å². The first-order valence-electron chi connectivity index (χ1n) is 13.4. The molecule has 2 N–H and O–H groups in total. The van der Waals surface area contributed by atoms with E-state index in [2.05, 4.69) is 42.2 Å². The monoisotopic (exact) mass is 549 g/mol. The molecule has 4 aromatic heterocycles. The Bertz CT molecular complexity index is 1800. The van der Waals surface area contributed by atoms with Gasteiger partial charge < -0.3 is 25.0 Å². The van der Waals surface area contributed by atoms with E-state index in [0.29, 0.717) is 53.0 Å². The van der Waals surface area contributed by atoms with Crippen LogP contribution in [0.1, 0.15) is 12.0 Å². The number of hydrogen-bond donors (Lipinski definition) is 2. The molecule has 0 saturated heterocycles. The zero-order valence-electron chi connectivity index (χ0n) is 22.3. The van der Waals surface area contributed by atoms with E-state index in [4.69, 9.17) is 14.5 Å². The van der Waals surface area contributed by atoms with Crippen molar-refractivity contribution >= 4 is 39.9 Å². The molecule has 1 saturated carbocycles. The smallest absolute Gasteiger partial charge is 0.243 e. The summed E-state index contributed by atoms with van der Waals surface area (Å²) in [4.78, 5) is 32.0. The number of carbonyl (C=O) groups excluding carboxylic acids is 1. The predicted molar refractivity (Wildman–Crippen MR) is 153 cm³/mol. The lowest BCUT2D eigenvalue weighted by Crippen LogP contribution is -2.35. The molecule has 12 nitrogen and oxygen atoms in total. The lowest BCUT2D eigenvalue weighted by molar-refractivity contribution is -0.116. The van der Waals surface area contributed by atoms with Crippen molar-refractivity contribution in [3.63, 3.8) is 0 Å². The zero-order chi connectivity index (χ0) is 27.9. The number of rotatable bonds is 8. The molecule has 41 heavy (non-hydrogen) atoms. The fourth-order valence-corrected chi connectivity index (χ4v) is 5.00. The fraction of sp³-hybridized carbons (Fsp3) is 0.241. The standard InChI is InChI=1S/C29H27N9O3/c1-3-26(39)30-7-9-37-14-18-11-23(18)41-24-13-21-27(36-29(24)37)28(33-15-31-21)35-19-4-5-22(17(2)10-19)40-20-6-8-38-25(12-20)32-16-34-38/h3-6,8,10,12-13,15-16,18,23H,1,7,9,11,14H2,2H3,(H,30,39)(H,31,33,35). The Morgan fingerprint density at radius 2 is 2.12 bits per heavy atom. The molecule has 2 atom stereocenters. The second-order valence-corrected chi connectivity index (χ2v) is 10.1. The van der Waals surface area contributed by atoms with Gasteiger partial charge in [-0.05, 0) is 49.2 Å². The molecule has 12 heteroatoms. The van der Waals surface area contributed by atoms with Crippen LogP contribution in [-0.2, 0) is 4.79 Å². The Balaban J connectivity index is 1.15. The van der Waals surface area contributed by atoms with Gasteiger partial charge in [-0.2, -0.15) is 5.10 Å². The zero-order valence-corrected chi connectivity index (χ0v) is 22.3. The lowest BCUT2D eigenvalue weighted by Gasteiger charge is -2.24. The number of aromatic nitrogens is 6. The maximum atomic E-state index is 11.7. The Morgan fingerprint density at radius 1 is 1.20 bits per heavy atom. The second-order valence-electron chi connectivity index (χ2n) is 10.1. The average molecular weight is 550 g/mol. The number of amides is 1. The topological polar surface area (TPSA) is 132 Å². The summed E-state index contributed by atoms with van der Waals surface area (Å²) in [6.07, 6.45) is 7.30. The molecule has 5 aromatic rings. The summed E-state index contributed by atoms with van der Waals surface area (Å²) >= 11 is 0. The van der Waals surface area contributed by atoms with E-state index in [-0.39, 0.29) is 12.0 Å². The summed E-state index contributed by atoms with van der Waals surface area (Å²) in [7, 11) is 0. The van der Waals surface area contributed by atoms with Crippen LogP contribution in [0.15, 0.2) is 67.9 Å². The van der Waals surface area contributed by atoms with Gasteiger partial charge in [-0.1, -0.05) is 6.58 Å². The molecule has 1 aliphatic carbocycles. The third-order valence-electron chi connectivity index (χ3n) is 7.23. The van der Waals surface area contributed by atoms with E-state index < -0.39 is 0 Å². The Hall–Kier alpha value is -5.26. The Labute approximate surface area is 235 Å². The van der Waals surface area contributed by atoms with Crippen molar-refractivity contribution < 1.29 is 14.3 Å². The van der Waals surface area contributed by atoms with Gasteiger partial charge in [0, 0.05) is 49.6 Å². The molecule has 1 aromatic carbocycles. The highest BCUT2D eigenvalue weighted by molar-refractivity contribution is 5.90. The average Bonchev–Trinajstić information content (AvgIpc) is 3.56. The quantitative estimate of drug-likeness (QED) is 0.276. The number of benzene rings is 1. The maximum Gasteiger partial charge on any atom is 0.243 e. The molecule has 1 fully saturated rings. The van der Waals surface area contributed by atoms with Gasteiger partial charge in [-0.3, -0.25) is 4.79 Å². The van der Waals surface area contributed by atoms with Gasteiger partial charge in [-0.25, -0.2) is 24.5 Å². The molecule has 1 amide bonds. The molecule has 0 radical (unpaired) electrons. The highest BCUT2D eigenvalue weighted by atomic mass is 16.5. The number of nitrogens with zero attached hydrogens (tertiary/aromatic N) is 7. The molecular formula is C29H27N9O3. The second kappa shape index (κ2) is 10.0.